The molecule has 1 saturated heterocycles. The smallest absolute Gasteiger partial charge is 0.341 e. The molecule has 106 valence electrons. The molecule has 1 N–H and O–H groups in total. The highest BCUT2D eigenvalue weighted by molar-refractivity contribution is 5.90. The Kier molecular flexibility index (Phi) is 4.61. The molecule has 0 bridgehead atoms. The molecule has 0 saturated carbocycles. The van der Waals surface area contributed by atoms with Gasteiger partial charge in [-0.2, -0.15) is 0 Å². The lowest BCUT2D eigenvalue weighted by atomic mass is 10.1. The van der Waals surface area contributed by atoms with Gasteiger partial charge >= 0.3 is 5.97 Å². The summed E-state index contributed by atoms with van der Waals surface area (Å²) in [7, 11) is 1.39. The number of aryl methyl sites for hydroxylation is 1. The summed E-state index contributed by atoms with van der Waals surface area (Å²) in [5.41, 5.74) is 0.528. The van der Waals surface area contributed by atoms with Crippen molar-refractivity contribution in [3.8, 4) is 0 Å². The summed E-state index contributed by atoms with van der Waals surface area (Å²) >= 11 is 0. The zero-order valence-electron chi connectivity index (χ0n) is 11.9. The fourth-order valence-electron chi connectivity index (χ4n) is 2.34. The van der Waals surface area contributed by atoms with Gasteiger partial charge in [0.2, 0.25) is 0 Å². The Morgan fingerprint density at radius 3 is 2.84 bits per heavy atom. The second-order valence-corrected chi connectivity index (χ2v) is 4.96. The summed E-state index contributed by atoms with van der Waals surface area (Å²) in [4.78, 5) is 14.0. The summed E-state index contributed by atoms with van der Waals surface area (Å²) in [6.07, 6.45) is 1.11. The number of furan rings is 1. The number of hydrogen-bond acceptors (Lipinski definition) is 5. The van der Waals surface area contributed by atoms with E-state index >= 15 is 0 Å². The number of methoxy groups -OCH3 is 1. The molecule has 19 heavy (non-hydrogen) atoms. The number of rotatable bonds is 6. The van der Waals surface area contributed by atoms with E-state index in [-0.39, 0.29) is 5.97 Å². The predicted molar refractivity (Wildman–Crippen MR) is 72.1 cm³/mol. The maximum Gasteiger partial charge on any atom is 0.341 e. The van der Waals surface area contributed by atoms with E-state index < -0.39 is 0 Å². The molecule has 5 nitrogen and oxygen atoms in total. The number of ether oxygens (including phenoxy) is 1. The Hall–Kier alpha value is -1.33. The highest BCUT2D eigenvalue weighted by Crippen LogP contribution is 2.19. The van der Waals surface area contributed by atoms with E-state index in [0.717, 1.165) is 38.4 Å². The molecule has 0 unspecified atom stereocenters. The Balaban J connectivity index is 2.06. The largest absolute Gasteiger partial charge is 0.465 e. The fraction of sp³-hybridized carbons (Fsp3) is 0.643. The minimum atomic E-state index is -0.333. The van der Waals surface area contributed by atoms with E-state index in [4.69, 9.17) is 9.15 Å². The van der Waals surface area contributed by atoms with Crippen LogP contribution in [0.15, 0.2) is 10.5 Å². The van der Waals surface area contributed by atoms with Crippen molar-refractivity contribution in [1.29, 1.82) is 0 Å². The molecule has 1 fully saturated rings. The first kappa shape index (κ1) is 14.1. The van der Waals surface area contributed by atoms with Gasteiger partial charge in [0.15, 0.2) is 0 Å². The molecule has 0 amide bonds. The van der Waals surface area contributed by atoms with Crippen molar-refractivity contribution in [1.82, 2.24) is 10.2 Å². The highest BCUT2D eigenvalue weighted by Gasteiger charge is 2.25. The predicted octanol–water partition coefficient (Wildman–Crippen LogP) is 1.56. The molecule has 0 radical (unpaired) electrons. The van der Waals surface area contributed by atoms with Crippen LogP contribution in [0.2, 0.25) is 0 Å². The van der Waals surface area contributed by atoms with Crippen LogP contribution in [0, 0.1) is 6.92 Å². The maximum atomic E-state index is 11.6. The quantitative estimate of drug-likeness (QED) is 0.792. The summed E-state index contributed by atoms with van der Waals surface area (Å²) in [5, 5.41) is 3.28. The standard InChI is InChI=1S/C14H22N2O3/c1-4-5-16(11-7-15-8-11)9-12-6-13(10(2)19-12)14(17)18-3/h6,11,15H,4-5,7-9H2,1-3H3. The minimum Gasteiger partial charge on any atom is -0.465 e. The first-order chi connectivity index (χ1) is 9.15. The van der Waals surface area contributed by atoms with E-state index in [1.165, 1.54) is 7.11 Å². The lowest BCUT2D eigenvalue weighted by Gasteiger charge is -2.37. The average Bonchev–Trinajstić information content (AvgIpc) is 2.67. The van der Waals surface area contributed by atoms with Crippen molar-refractivity contribution in [3.05, 3.63) is 23.2 Å². The van der Waals surface area contributed by atoms with Crippen molar-refractivity contribution >= 4 is 5.97 Å². The minimum absolute atomic E-state index is 0.333. The first-order valence-corrected chi connectivity index (χ1v) is 6.78. The van der Waals surface area contributed by atoms with Crippen LogP contribution in [0.4, 0.5) is 0 Å². The normalized spacial score (nSPS) is 15.6. The first-order valence-electron chi connectivity index (χ1n) is 6.78. The fourth-order valence-corrected chi connectivity index (χ4v) is 2.34. The van der Waals surface area contributed by atoms with Crippen LogP contribution in [-0.2, 0) is 11.3 Å². The lowest BCUT2D eigenvalue weighted by Crippen LogP contribution is -2.56. The molecular weight excluding hydrogens is 244 g/mol. The topological polar surface area (TPSA) is 54.7 Å². The Bertz CT molecular complexity index is 438. The lowest BCUT2D eigenvalue weighted by molar-refractivity contribution is 0.0599. The monoisotopic (exact) mass is 266 g/mol. The number of nitrogens with one attached hydrogen (secondary N) is 1. The van der Waals surface area contributed by atoms with Crippen molar-refractivity contribution in [3.63, 3.8) is 0 Å². The number of carbonyl (C=O) groups excluding carboxylic acids is 1. The van der Waals surface area contributed by atoms with Gasteiger partial charge in [-0.15, -0.1) is 0 Å². The summed E-state index contributed by atoms with van der Waals surface area (Å²) in [6.45, 7) is 7.82. The summed E-state index contributed by atoms with van der Waals surface area (Å²) < 4.78 is 10.4. The number of nitrogens with zero attached hydrogens (tertiary/aromatic N) is 1. The summed E-state index contributed by atoms with van der Waals surface area (Å²) in [5.74, 6) is 1.13. The van der Waals surface area contributed by atoms with E-state index in [2.05, 4.69) is 17.1 Å². The van der Waals surface area contributed by atoms with Crippen molar-refractivity contribution in [2.24, 2.45) is 0 Å². The van der Waals surface area contributed by atoms with Crippen molar-refractivity contribution < 1.29 is 13.9 Å². The maximum absolute atomic E-state index is 11.6. The molecule has 2 rings (SSSR count). The third kappa shape index (κ3) is 3.16. The Morgan fingerprint density at radius 1 is 1.58 bits per heavy atom. The summed E-state index contributed by atoms with van der Waals surface area (Å²) in [6, 6.07) is 2.38. The van der Waals surface area contributed by atoms with Crippen molar-refractivity contribution in [2.75, 3.05) is 26.7 Å². The van der Waals surface area contributed by atoms with Crippen LogP contribution in [-0.4, -0.2) is 43.7 Å². The van der Waals surface area contributed by atoms with Crippen LogP contribution >= 0.6 is 0 Å². The van der Waals surface area contributed by atoms with E-state index in [1.807, 2.05) is 0 Å². The molecule has 1 aliphatic heterocycles. The molecule has 0 spiro atoms. The van der Waals surface area contributed by atoms with Gasteiger partial charge in [0, 0.05) is 19.1 Å². The SMILES string of the molecule is CCCN(Cc1cc(C(=O)OC)c(C)o1)C1CNC1. The number of carbonyl (C=O) groups is 1. The van der Waals surface area contributed by atoms with E-state index in [9.17, 15) is 4.79 Å². The zero-order valence-corrected chi connectivity index (χ0v) is 11.9. The molecule has 0 aliphatic carbocycles. The van der Waals surface area contributed by atoms with Gasteiger partial charge in [0.05, 0.1) is 13.7 Å². The molecule has 0 atom stereocenters. The second-order valence-electron chi connectivity index (χ2n) is 4.96. The molecule has 2 heterocycles. The number of hydrogen-bond donors (Lipinski definition) is 1. The molecule has 1 aromatic heterocycles. The van der Waals surface area contributed by atoms with Crippen molar-refractivity contribution in [2.45, 2.75) is 32.9 Å². The van der Waals surface area contributed by atoms with Gasteiger partial charge in [-0.1, -0.05) is 6.92 Å². The van der Waals surface area contributed by atoms with Crippen LogP contribution < -0.4 is 5.32 Å². The van der Waals surface area contributed by atoms with Gasteiger partial charge in [0.25, 0.3) is 0 Å². The van der Waals surface area contributed by atoms with E-state index in [1.54, 1.807) is 13.0 Å². The molecule has 1 aliphatic rings. The molecular formula is C14H22N2O3. The molecule has 5 heteroatoms. The second kappa shape index (κ2) is 6.21. The van der Waals surface area contributed by atoms with Crippen LogP contribution in [0.3, 0.4) is 0 Å². The van der Waals surface area contributed by atoms with Crippen LogP contribution in [0.5, 0.6) is 0 Å². The highest BCUT2D eigenvalue weighted by atomic mass is 16.5. The third-order valence-electron chi connectivity index (χ3n) is 3.52. The van der Waals surface area contributed by atoms with Gasteiger partial charge in [-0.3, -0.25) is 4.90 Å². The van der Waals surface area contributed by atoms with Gasteiger partial charge in [0.1, 0.15) is 17.1 Å². The molecule has 1 aromatic rings. The van der Waals surface area contributed by atoms with E-state index in [0.29, 0.717) is 17.4 Å². The number of esters is 1. The Morgan fingerprint density at radius 2 is 2.32 bits per heavy atom. The van der Waals surface area contributed by atoms with Gasteiger partial charge < -0.3 is 14.5 Å². The van der Waals surface area contributed by atoms with Crippen LogP contribution in [0.25, 0.3) is 0 Å². The third-order valence-corrected chi connectivity index (χ3v) is 3.52. The molecule has 0 aromatic carbocycles. The van der Waals surface area contributed by atoms with Crippen LogP contribution in [0.1, 0.15) is 35.2 Å². The average molecular weight is 266 g/mol. The van der Waals surface area contributed by atoms with Gasteiger partial charge in [-0.05, 0) is 26.0 Å². The van der Waals surface area contributed by atoms with Gasteiger partial charge in [-0.25, -0.2) is 4.79 Å². The Labute approximate surface area is 113 Å². The zero-order chi connectivity index (χ0) is 13.8.